The largest absolute Gasteiger partial charge is 0.497 e. The van der Waals surface area contributed by atoms with Gasteiger partial charge in [-0.2, -0.15) is 0 Å². The van der Waals surface area contributed by atoms with Crippen LogP contribution >= 0.6 is 0 Å². The lowest BCUT2D eigenvalue weighted by Crippen LogP contribution is -2.43. The average molecular weight is 418 g/mol. The predicted molar refractivity (Wildman–Crippen MR) is 120 cm³/mol. The highest BCUT2D eigenvalue weighted by Crippen LogP contribution is 2.20. The molecule has 1 fully saturated rings. The van der Waals surface area contributed by atoms with Crippen LogP contribution in [0.25, 0.3) is 10.9 Å². The first-order valence-corrected chi connectivity index (χ1v) is 10.7. The van der Waals surface area contributed by atoms with Crippen LogP contribution in [-0.2, 0) is 11.2 Å². The van der Waals surface area contributed by atoms with E-state index < -0.39 is 0 Å². The molecule has 0 radical (unpaired) electrons. The number of rotatable bonds is 6. The predicted octanol–water partition coefficient (Wildman–Crippen LogP) is 3.45. The van der Waals surface area contributed by atoms with E-state index in [-0.39, 0.29) is 17.7 Å². The Kier molecular flexibility index (Phi) is 6.46. The molecule has 2 aromatic carbocycles. The van der Waals surface area contributed by atoms with E-state index in [0.29, 0.717) is 25.1 Å². The molecule has 1 saturated heterocycles. The molecule has 3 aromatic rings. The van der Waals surface area contributed by atoms with Crippen LogP contribution in [0.2, 0.25) is 0 Å². The highest BCUT2D eigenvalue weighted by atomic mass is 16.5. The van der Waals surface area contributed by atoms with Crippen LogP contribution in [0.4, 0.5) is 0 Å². The van der Waals surface area contributed by atoms with Crippen molar-refractivity contribution in [1.29, 1.82) is 0 Å². The molecule has 160 valence electrons. The summed E-state index contributed by atoms with van der Waals surface area (Å²) in [5, 5.41) is 4.00. The number of ether oxygens (including phenoxy) is 1. The Hall–Kier alpha value is -3.41. The molecule has 6 heteroatoms. The van der Waals surface area contributed by atoms with Crippen molar-refractivity contribution < 1.29 is 14.3 Å². The number of nitrogens with zero attached hydrogens (tertiary/aromatic N) is 2. The first-order chi connectivity index (χ1) is 15.1. The van der Waals surface area contributed by atoms with Gasteiger partial charge in [0.2, 0.25) is 5.91 Å². The van der Waals surface area contributed by atoms with Gasteiger partial charge in [0.1, 0.15) is 5.75 Å². The molecular formula is C25H27N3O3. The average Bonchev–Trinajstić information content (AvgIpc) is 2.82. The molecule has 0 aliphatic carbocycles. The number of piperidine rings is 1. The number of nitrogens with one attached hydrogen (secondary N) is 1. The van der Waals surface area contributed by atoms with Crippen molar-refractivity contribution >= 4 is 22.7 Å². The van der Waals surface area contributed by atoms with Crippen LogP contribution in [0.15, 0.2) is 60.8 Å². The zero-order chi connectivity index (χ0) is 21.6. The number of benzene rings is 2. The van der Waals surface area contributed by atoms with Crippen molar-refractivity contribution in [3.63, 3.8) is 0 Å². The van der Waals surface area contributed by atoms with Crippen molar-refractivity contribution in [2.24, 2.45) is 5.92 Å². The maximum Gasteiger partial charge on any atom is 0.253 e. The van der Waals surface area contributed by atoms with Crippen LogP contribution in [0.5, 0.6) is 5.75 Å². The molecule has 31 heavy (non-hydrogen) atoms. The zero-order valence-corrected chi connectivity index (χ0v) is 17.7. The summed E-state index contributed by atoms with van der Waals surface area (Å²) in [6.07, 6.45) is 4.04. The van der Waals surface area contributed by atoms with Gasteiger partial charge < -0.3 is 15.0 Å². The first-order valence-electron chi connectivity index (χ1n) is 10.7. The second-order valence-corrected chi connectivity index (χ2v) is 8.00. The molecule has 1 aromatic heterocycles. The van der Waals surface area contributed by atoms with E-state index in [1.54, 1.807) is 13.3 Å². The fraction of sp³-hybridized carbons (Fsp3) is 0.320. The summed E-state index contributed by atoms with van der Waals surface area (Å²) in [7, 11) is 1.62. The summed E-state index contributed by atoms with van der Waals surface area (Å²) in [4.78, 5) is 31.6. The molecule has 1 atom stereocenters. The van der Waals surface area contributed by atoms with E-state index in [1.165, 1.54) is 0 Å². The molecular weight excluding hydrogens is 390 g/mol. The third-order valence-electron chi connectivity index (χ3n) is 5.77. The molecule has 6 nitrogen and oxygen atoms in total. The number of aromatic nitrogens is 1. The second-order valence-electron chi connectivity index (χ2n) is 8.00. The number of hydrogen-bond donors (Lipinski definition) is 1. The van der Waals surface area contributed by atoms with Crippen molar-refractivity contribution in [2.75, 3.05) is 26.7 Å². The SMILES string of the molecule is COc1ccc(CC(=O)NC[C@@H]2CCCN(C(=O)c3ccc4ncccc4c3)C2)cc1. The summed E-state index contributed by atoms with van der Waals surface area (Å²) >= 11 is 0. The lowest BCUT2D eigenvalue weighted by atomic mass is 9.97. The van der Waals surface area contributed by atoms with Gasteiger partial charge in [-0.25, -0.2) is 0 Å². The Labute approximate surface area is 182 Å². The van der Waals surface area contributed by atoms with E-state index in [4.69, 9.17) is 4.74 Å². The Bertz CT molecular complexity index is 1070. The Balaban J connectivity index is 1.31. The lowest BCUT2D eigenvalue weighted by Gasteiger charge is -2.33. The zero-order valence-electron chi connectivity index (χ0n) is 17.7. The Morgan fingerprint density at radius 2 is 2.00 bits per heavy atom. The number of carbonyl (C=O) groups excluding carboxylic acids is 2. The highest BCUT2D eigenvalue weighted by Gasteiger charge is 2.25. The maximum atomic E-state index is 13.0. The van der Waals surface area contributed by atoms with Gasteiger partial charge in [-0.15, -0.1) is 0 Å². The van der Waals surface area contributed by atoms with Crippen molar-refractivity contribution in [1.82, 2.24) is 15.2 Å². The summed E-state index contributed by atoms with van der Waals surface area (Å²) in [6.45, 7) is 1.99. The van der Waals surface area contributed by atoms with Gasteiger partial charge in [0.15, 0.2) is 0 Å². The van der Waals surface area contributed by atoms with E-state index in [1.807, 2.05) is 59.5 Å². The first kappa shape index (κ1) is 20.8. The maximum absolute atomic E-state index is 13.0. The second kappa shape index (κ2) is 9.60. The van der Waals surface area contributed by atoms with Crippen molar-refractivity contribution in [2.45, 2.75) is 19.3 Å². The molecule has 0 spiro atoms. The van der Waals surface area contributed by atoms with Gasteiger partial charge in [-0.05, 0) is 60.7 Å². The van der Waals surface area contributed by atoms with Gasteiger partial charge in [-0.3, -0.25) is 14.6 Å². The van der Waals surface area contributed by atoms with E-state index in [0.717, 1.165) is 41.6 Å². The van der Waals surface area contributed by atoms with Crippen molar-refractivity contribution in [3.05, 3.63) is 71.9 Å². The number of carbonyl (C=O) groups is 2. The van der Waals surface area contributed by atoms with Crippen LogP contribution in [-0.4, -0.2) is 48.4 Å². The number of fused-ring (bicyclic) bond motifs is 1. The molecule has 4 rings (SSSR count). The van der Waals surface area contributed by atoms with Gasteiger partial charge in [0.25, 0.3) is 5.91 Å². The Morgan fingerprint density at radius 3 is 2.81 bits per heavy atom. The van der Waals surface area contributed by atoms with E-state index in [9.17, 15) is 9.59 Å². The molecule has 1 aliphatic heterocycles. The van der Waals surface area contributed by atoms with E-state index in [2.05, 4.69) is 10.3 Å². The van der Waals surface area contributed by atoms with Crippen LogP contribution in [0.3, 0.4) is 0 Å². The smallest absolute Gasteiger partial charge is 0.253 e. The van der Waals surface area contributed by atoms with Gasteiger partial charge in [0.05, 0.1) is 19.0 Å². The highest BCUT2D eigenvalue weighted by molar-refractivity contribution is 5.98. The summed E-state index contributed by atoms with van der Waals surface area (Å²) in [5.41, 5.74) is 2.52. The van der Waals surface area contributed by atoms with Crippen LogP contribution < -0.4 is 10.1 Å². The van der Waals surface area contributed by atoms with Gasteiger partial charge in [-0.1, -0.05) is 18.2 Å². The fourth-order valence-corrected chi connectivity index (χ4v) is 4.06. The van der Waals surface area contributed by atoms with Gasteiger partial charge in [0, 0.05) is 36.8 Å². The summed E-state index contributed by atoms with van der Waals surface area (Å²) < 4.78 is 5.15. The molecule has 1 N–H and O–H groups in total. The molecule has 0 bridgehead atoms. The third-order valence-corrected chi connectivity index (χ3v) is 5.77. The normalized spacial score (nSPS) is 16.2. The molecule has 2 amide bonds. The minimum absolute atomic E-state index is 0.00403. The number of hydrogen-bond acceptors (Lipinski definition) is 4. The number of likely N-dealkylation sites (tertiary alicyclic amines) is 1. The minimum atomic E-state index is -0.00403. The standard InChI is InChI=1S/C25H27N3O3/c1-31-22-9-6-18(7-10-22)14-24(29)27-16-19-4-3-13-28(17-19)25(30)21-8-11-23-20(15-21)5-2-12-26-23/h2,5-12,15,19H,3-4,13-14,16-17H2,1H3,(H,27,29)/t19-/m0/s1. The molecule has 2 heterocycles. The van der Waals surface area contributed by atoms with Crippen molar-refractivity contribution in [3.8, 4) is 5.75 Å². The topological polar surface area (TPSA) is 71.5 Å². The number of amides is 2. The molecule has 1 aliphatic rings. The van der Waals surface area contributed by atoms with Crippen LogP contribution in [0.1, 0.15) is 28.8 Å². The third kappa shape index (κ3) is 5.20. The number of pyridine rings is 1. The monoisotopic (exact) mass is 417 g/mol. The Morgan fingerprint density at radius 1 is 1.16 bits per heavy atom. The fourth-order valence-electron chi connectivity index (χ4n) is 4.06. The molecule has 0 saturated carbocycles. The van der Waals surface area contributed by atoms with E-state index >= 15 is 0 Å². The summed E-state index contributed by atoms with van der Waals surface area (Å²) in [6, 6.07) is 17.0. The quantitative estimate of drug-likeness (QED) is 0.667. The molecule has 0 unspecified atom stereocenters. The minimum Gasteiger partial charge on any atom is -0.497 e. The number of methoxy groups -OCH3 is 1. The van der Waals surface area contributed by atoms with Gasteiger partial charge >= 0.3 is 0 Å². The summed E-state index contributed by atoms with van der Waals surface area (Å²) in [5.74, 6) is 1.08. The lowest BCUT2D eigenvalue weighted by molar-refractivity contribution is -0.120. The van der Waals surface area contributed by atoms with Crippen LogP contribution in [0, 0.1) is 5.92 Å².